The lowest BCUT2D eigenvalue weighted by Crippen LogP contribution is -1.92. The molecule has 4 nitrogen and oxygen atoms in total. The van der Waals surface area contributed by atoms with E-state index in [0.29, 0.717) is 15.4 Å². The van der Waals surface area contributed by atoms with Crippen molar-refractivity contribution in [2.45, 2.75) is 0 Å². The Hall–Kier alpha value is -2.46. The summed E-state index contributed by atoms with van der Waals surface area (Å²) >= 11 is 3.26. The topological polar surface area (TPSA) is 61.7 Å². The predicted octanol–water partition coefficient (Wildman–Crippen LogP) is 4.27. The average Bonchev–Trinajstić information content (AvgIpc) is 2.93. The van der Waals surface area contributed by atoms with Crippen LogP contribution in [0.4, 0.5) is 8.78 Å². The molecule has 0 aliphatic heterocycles. The molecular formula is C14H6BrF2N3O. The Bertz CT molecular complexity index is 886. The number of aromatic amines is 1. The molecule has 1 N–H and O–H groups in total. The molecule has 3 rings (SSSR count). The van der Waals surface area contributed by atoms with Crippen molar-refractivity contribution in [3.63, 3.8) is 0 Å². The highest BCUT2D eigenvalue weighted by Crippen LogP contribution is 2.37. The molecule has 0 bridgehead atoms. The Morgan fingerprint density at radius 3 is 2.81 bits per heavy atom. The van der Waals surface area contributed by atoms with Crippen LogP contribution in [0.25, 0.3) is 10.9 Å². The zero-order valence-corrected chi connectivity index (χ0v) is 11.9. The minimum Gasteiger partial charge on any atom is -0.453 e. The maximum Gasteiger partial charge on any atom is 0.178 e. The summed E-state index contributed by atoms with van der Waals surface area (Å²) in [5.41, 5.74) is 0.344. The normalized spacial score (nSPS) is 10.6. The molecule has 0 aliphatic rings. The Kier molecular flexibility index (Phi) is 3.31. The Labute approximate surface area is 126 Å². The van der Waals surface area contributed by atoms with Crippen LogP contribution in [0.5, 0.6) is 11.5 Å². The Morgan fingerprint density at radius 2 is 2.05 bits per heavy atom. The van der Waals surface area contributed by atoms with Crippen LogP contribution in [0.15, 0.2) is 34.9 Å². The number of ether oxygens (including phenoxy) is 1. The molecule has 0 saturated carbocycles. The molecule has 2 aromatic carbocycles. The lowest BCUT2D eigenvalue weighted by Gasteiger charge is -2.10. The molecule has 3 aromatic rings. The zero-order chi connectivity index (χ0) is 15.0. The van der Waals surface area contributed by atoms with Gasteiger partial charge in [-0.3, -0.25) is 5.10 Å². The van der Waals surface area contributed by atoms with Gasteiger partial charge in [-0.25, -0.2) is 8.78 Å². The molecule has 21 heavy (non-hydrogen) atoms. The molecule has 1 heterocycles. The maximum atomic E-state index is 14.1. The molecule has 7 heteroatoms. The fourth-order valence-electron chi connectivity index (χ4n) is 1.87. The third-order valence-electron chi connectivity index (χ3n) is 2.87. The van der Waals surface area contributed by atoms with Crippen molar-refractivity contribution in [1.29, 1.82) is 5.26 Å². The monoisotopic (exact) mass is 349 g/mol. The lowest BCUT2D eigenvalue weighted by molar-refractivity contribution is 0.439. The predicted molar refractivity (Wildman–Crippen MR) is 74.9 cm³/mol. The molecule has 0 fully saturated rings. The van der Waals surface area contributed by atoms with Crippen molar-refractivity contribution in [2.75, 3.05) is 0 Å². The minimum absolute atomic E-state index is 0.0561. The number of H-pyrrole nitrogens is 1. The van der Waals surface area contributed by atoms with Gasteiger partial charge in [-0.2, -0.15) is 10.4 Å². The fraction of sp³-hybridized carbons (Fsp3) is 0. The van der Waals surface area contributed by atoms with Crippen LogP contribution in [0, 0.1) is 23.0 Å². The van der Waals surface area contributed by atoms with Crippen molar-refractivity contribution >= 4 is 26.8 Å². The second-order valence-corrected chi connectivity index (χ2v) is 4.98. The summed E-state index contributed by atoms with van der Waals surface area (Å²) in [7, 11) is 0. The number of benzene rings is 2. The van der Waals surface area contributed by atoms with Gasteiger partial charge in [0.25, 0.3) is 0 Å². The van der Waals surface area contributed by atoms with E-state index >= 15 is 0 Å². The first-order chi connectivity index (χ1) is 10.1. The van der Waals surface area contributed by atoms with Crippen LogP contribution >= 0.6 is 15.9 Å². The summed E-state index contributed by atoms with van der Waals surface area (Å²) in [6.07, 6.45) is 1.52. The van der Waals surface area contributed by atoms with Crippen molar-refractivity contribution in [2.24, 2.45) is 0 Å². The molecule has 0 amide bonds. The van der Waals surface area contributed by atoms with E-state index in [0.717, 1.165) is 6.07 Å². The molecular weight excluding hydrogens is 344 g/mol. The smallest absolute Gasteiger partial charge is 0.178 e. The molecule has 0 unspecified atom stereocenters. The summed E-state index contributed by atoms with van der Waals surface area (Å²) in [6, 6.07) is 6.57. The summed E-state index contributed by atoms with van der Waals surface area (Å²) in [6.45, 7) is 0. The highest BCUT2D eigenvalue weighted by molar-refractivity contribution is 9.10. The van der Waals surface area contributed by atoms with Crippen LogP contribution in [-0.4, -0.2) is 10.2 Å². The summed E-state index contributed by atoms with van der Waals surface area (Å²) < 4.78 is 33.1. The van der Waals surface area contributed by atoms with E-state index in [-0.39, 0.29) is 17.1 Å². The summed E-state index contributed by atoms with van der Waals surface area (Å²) in [4.78, 5) is 0. The third-order valence-corrected chi connectivity index (χ3v) is 3.66. The minimum atomic E-state index is -0.658. The third kappa shape index (κ3) is 2.34. The molecule has 0 saturated heterocycles. The zero-order valence-electron chi connectivity index (χ0n) is 10.3. The van der Waals surface area contributed by atoms with Crippen LogP contribution in [0.1, 0.15) is 5.56 Å². The van der Waals surface area contributed by atoms with Gasteiger partial charge in [-0.1, -0.05) is 0 Å². The van der Waals surface area contributed by atoms with Gasteiger partial charge in [0.1, 0.15) is 17.6 Å². The molecule has 0 spiro atoms. The van der Waals surface area contributed by atoms with Crippen molar-refractivity contribution in [1.82, 2.24) is 10.2 Å². The van der Waals surface area contributed by atoms with E-state index in [1.54, 1.807) is 6.07 Å². The first kappa shape index (κ1) is 13.5. The van der Waals surface area contributed by atoms with Gasteiger partial charge < -0.3 is 4.74 Å². The quantitative estimate of drug-likeness (QED) is 0.751. The van der Waals surface area contributed by atoms with Crippen LogP contribution < -0.4 is 4.74 Å². The van der Waals surface area contributed by atoms with E-state index in [1.165, 1.54) is 24.4 Å². The number of hydrogen-bond donors (Lipinski definition) is 1. The van der Waals surface area contributed by atoms with Gasteiger partial charge in [-0.05, 0) is 28.1 Å². The highest BCUT2D eigenvalue weighted by atomic mass is 79.9. The van der Waals surface area contributed by atoms with Gasteiger partial charge in [0.15, 0.2) is 11.6 Å². The molecule has 0 atom stereocenters. The SMILES string of the molecule is N#Cc1cc(Oc2c(F)cc3[nH]ncc3c2Br)ccc1F. The summed E-state index contributed by atoms with van der Waals surface area (Å²) in [5.74, 6) is -1.16. The van der Waals surface area contributed by atoms with Gasteiger partial charge in [0.2, 0.25) is 0 Å². The standard InChI is InChI=1S/C14H6BrF2N3O/c15-13-9-6-19-20-12(9)4-11(17)14(13)21-8-1-2-10(16)7(3-8)5-18/h1-4,6H,(H,19,20). The number of nitrogens with zero attached hydrogens (tertiary/aromatic N) is 2. The van der Waals surface area contributed by atoms with E-state index in [1.807, 2.05) is 0 Å². The Balaban J connectivity index is 2.08. The number of hydrogen-bond acceptors (Lipinski definition) is 3. The number of halogens is 3. The number of nitriles is 1. The van der Waals surface area contributed by atoms with E-state index in [4.69, 9.17) is 10.00 Å². The van der Waals surface area contributed by atoms with Crippen LogP contribution in [0.2, 0.25) is 0 Å². The van der Waals surface area contributed by atoms with Crippen molar-refractivity contribution in [3.8, 4) is 17.6 Å². The van der Waals surface area contributed by atoms with Crippen molar-refractivity contribution < 1.29 is 13.5 Å². The van der Waals surface area contributed by atoms with E-state index < -0.39 is 11.6 Å². The van der Waals surface area contributed by atoms with Gasteiger partial charge in [0.05, 0.1) is 21.7 Å². The van der Waals surface area contributed by atoms with Gasteiger partial charge in [0, 0.05) is 17.5 Å². The molecule has 0 radical (unpaired) electrons. The second-order valence-electron chi connectivity index (χ2n) is 4.19. The molecule has 104 valence electrons. The fourth-order valence-corrected chi connectivity index (χ4v) is 2.45. The number of rotatable bonds is 2. The van der Waals surface area contributed by atoms with E-state index in [2.05, 4.69) is 26.1 Å². The van der Waals surface area contributed by atoms with Crippen molar-refractivity contribution in [3.05, 3.63) is 52.1 Å². The number of aromatic nitrogens is 2. The van der Waals surface area contributed by atoms with Crippen LogP contribution in [-0.2, 0) is 0 Å². The maximum absolute atomic E-state index is 14.1. The first-order valence-electron chi connectivity index (χ1n) is 5.78. The largest absolute Gasteiger partial charge is 0.453 e. The lowest BCUT2D eigenvalue weighted by atomic mass is 10.2. The highest BCUT2D eigenvalue weighted by Gasteiger charge is 2.16. The first-order valence-corrected chi connectivity index (χ1v) is 6.58. The van der Waals surface area contributed by atoms with Gasteiger partial charge in [-0.15, -0.1) is 0 Å². The summed E-state index contributed by atoms with van der Waals surface area (Å²) in [5, 5.41) is 15.9. The van der Waals surface area contributed by atoms with Crippen LogP contribution in [0.3, 0.4) is 0 Å². The molecule has 0 aliphatic carbocycles. The second kappa shape index (κ2) is 5.14. The average molecular weight is 350 g/mol. The van der Waals surface area contributed by atoms with E-state index in [9.17, 15) is 8.78 Å². The van der Waals surface area contributed by atoms with Gasteiger partial charge >= 0.3 is 0 Å². The number of fused-ring (bicyclic) bond motifs is 1. The number of nitrogens with one attached hydrogen (secondary N) is 1. The molecule has 1 aromatic heterocycles. The Morgan fingerprint density at radius 1 is 1.24 bits per heavy atom.